The van der Waals surface area contributed by atoms with Crippen LogP contribution in [0.4, 0.5) is 4.39 Å². The molecule has 1 nitrogen and oxygen atoms in total. The van der Waals surface area contributed by atoms with Gasteiger partial charge in [0.2, 0.25) is 0 Å². The molecule has 0 fully saturated rings. The van der Waals surface area contributed by atoms with Gasteiger partial charge in [-0.25, -0.2) is 4.39 Å². The predicted molar refractivity (Wildman–Crippen MR) is 80.2 cm³/mol. The van der Waals surface area contributed by atoms with Gasteiger partial charge in [0.1, 0.15) is 5.82 Å². The minimum absolute atomic E-state index is 0.168. The third-order valence-corrected chi connectivity index (χ3v) is 4.21. The first-order chi connectivity index (χ1) is 9.78. The molecule has 1 unspecified atom stereocenters. The third kappa shape index (κ3) is 2.61. The van der Waals surface area contributed by atoms with Crippen molar-refractivity contribution in [3.05, 3.63) is 71.0 Å². The Bertz CT molecular complexity index is 551. The van der Waals surface area contributed by atoms with Crippen molar-refractivity contribution < 1.29 is 4.39 Å². The molecule has 2 aromatic carbocycles. The molecule has 104 valence electrons. The first-order valence-corrected chi connectivity index (χ1v) is 7.33. The minimum Gasteiger partial charge on any atom is -0.310 e. The van der Waals surface area contributed by atoms with Gasteiger partial charge >= 0.3 is 0 Å². The van der Waals surface area contributed by atoms with Crippen LogP contribution in [-0.2, 0) is 12.8 Å². The second-order valence-electron chi connectivity index (χ2n) is 5.52. The standard InChI is InChI=1S/C18H20FN/c1-2-20-18(13-7-9-17(19)10-8-13)16-11-14-5-3-4-6-15(14)12-16/h3-10,16,18,20H,2,11-12H2,1H3. The Morgan fingerprint density at radius 1 is 1.05 bits per heavy atom. The monoisotopic (exact) mass is 269 g/mol. The van der Waals surface area contributed by atoms with Crippen LogP contribution in [-0.4, -0.2) is 6.54 Å². The summed E-state index contributed by atoms with van der Waals surface area (Å²) in [5, 5.41) is 3.57. The van der Waals surface area contributed by atoms with Crippen molar-refractivity contribution in [2.24, 2.45) is 5.92 Å². The Labute approximate surface area is 119 Å². The highest BCUT2D eigenvalue weighted by molar-refractivity contribution is 5.34. The van der Waals surface area contributed by atoms with Gasteiger partial charge in [-0.15, -0.1) is 0 Å². The Balaban J connectivity index is 1.84. The van der Waals surface area contributed by atoms with Gasteiger partial charge in [-0.3, -0.25) is 0 Å². The molecule has 1 N–H and O–H groups in total. The van der Waals surface area contributed by atoms with Gasteiger partial charge < -0.3 is 5.32 Å². The average molecular weight is 269 g/mol. The van der Waals surface area contributed by atoms with E-state index in [2.05, 4.69) is 36.5 Å². The fourth-order valence-corrected chi connectivity index (χ4v) is 3.28. The fraction of sp³-hybridized carbons (Fsp3) is 0.333. The van der Waals surface area contributed by atoms with Crippen LogP contribution in [0.1, 0.15) is 29.7 Å². The smallest absolute Gasteiger partial charge is 0.123 e. The summed E-state index contributed by atoms with van der Waals surface area (Å²) in [6, 6.07) is 15.9. The molecule has 2 heteroatoms. The molecule has 1 atom stereocenters. The van der Waals surface area contributed by atoms with Crippen molar-refractivity contribution in [3.63, 3.8) is 0 Å². The molecule has 0 saturated carbocycles. The molecule has 0 heterocycles. The van der Waals surface area contributed by atoms with Crippen LogP contribution >= 0.6 is 0 Å². The topological polar surface area (TPSA) is 12.0 Å². The van der Waals surface area contributed by atoms with E-state index in [0.717, 1.165) is 19.4 Å². The Morgan fingerprint density at radius 2 is 1.65 bits per heavy atom. The maximum Gasteiger partial charge on any atom is 0.123 e. The summed E-state index contributed by atoms with van der Waals surface area (Å²) in [6.45, 7) is 3.05. The van der Waals surface area contributed by atoms with E-state index in [1.807, 2.05) is 12.1 Å². The fourth-order valence-electron chi connectivity index (χ4n) is 3.28. The highest BCUT2D eigenvalue weighted by Crippen LogP contribution is 2.35. The summed E-state index contributed by atoms with van der Waals surface area (Å²) in [5.74, 6) is 0.386. The zero-order chi connectivity index (χ0) is 13.9. The summed E-state index contributed by atoms with van der Waals surface area (Å²) in [6.07, 6.45) is 2.20. The van der Waals surface area contributed by atoms with E-state index in [9.17, 15) is 4.39 Å². The number of rotatable bonds is 4. The van der Waals surface area contributed by atoms with Gasteiger partial charge in [-0.05, 0) is 54.1 Å². The van der Waals surface area contributed by atoms with Gasteiger partial charge in [0.15, 0.2) is 0 Å². The number of hydrogen-bond donors (Lipinski definition) is 1. The van der Waals surface area contributed by atoms with Gasteiger partial charge in [-0.2, -0.15) is 0 Å². The van der Waals surface area contributed by atoms with E-state index in [4.69, 9.17) is 0 Å². The van der Waals surface area contributed by atoms with Crippen molar-refractivity contribution in [3.8, 4) is 0 Å². The highest BCUT2D eigenvalue weighted by atomic mass is 19.1. The molecule has 0 amide bonds. The summed E-state index contributed by atoms with van der Waals surface area (Å²) >= 11 is 0. The maximum absolute atomic E-state index is 13.1. The first kappa shape index (κ1) is 13.3. The van der Waals surface area contributed by atoms with E-state index in [1.54, 1.807) is 12.1 Å². The van der Waals surface area contributed by atoms with E-state index in [0.29, 0.717) is 12.0 Å². The lowest BCUT2D eigenvalue weighted by Gasteiger charge is -2.25. The lowest BCUT2D eigenvalue weighted by molar-refractivity contribution is 0.380. The molecule has 1 aliphatic rings. The van der Waals surface area contributed by atoms with Gasteiger partial charge in [0, 0.05) is 6.04 Å². The second-order valence-corrected chi connectivity index (χ2v) is 5.52. The number of hydrogen-bond acceptors (Lipinski definition) is 1. The number of fused-ring (bicyclic) bond motifs is 1. The van der Waals surface area contributed by atoms with E-state index in [-0.39, 0.29) is 5.82 Å². The molecule has 1 aliphatic carbocycles. The van der Waals surface area contributed by atoms with Crippen LogP contribution in [0.25, 0.3) is 0 Å². The van der Waals surface area contributed by atoms with Crippen LogP contribution < -0.4 is 5.32 Å². The molecule has 2 aromatic rings. The summed E-state index contributed by atoms with van der Waals surface area (Å²) in [5.41, 5.74) is 4.11. The van der Waals surface area contributed by atoms with Crippen LogP contribution in [0.3, 0.4) is 0 Å². The molecule has 20 heavy (non-hydrogen) atoms. The van der Waals surface area contributed by atoms with Crippen molar-refractivity contribution in [2.45, 2.75) is 25.8 Å². The zero-order valence-electron chi connectivity index (χ0n) is 11.8. The molecule has 0 saturated heterocycles. The SMILES string of the molecule is CCNC(c1ccc(F)cc1)C1Cc2ccccc2C1. The summed E-state index contributed by atoms with van der Waals surface area (Å²) in [4.78, 5) is 0. The van der Waals surface area contributed by atoms with Crippen LogP contribution in [0.2, 0.25) is 0 Å². The minimum atomic E-state index is -0.168. The highest BCUT2D eigenvalue weighted by Gasteiger charge is 2.28. The zero-order valence-corrected chi connectivity index (χ0v) is 11.8. The van der Waals surface area contributed by atoms with Crippen LogP contribution in [0, 0.1) is 11.7 Å². The number of benzene rings is 2. The van der Waals surface area contributed by atoms with Crippen molar-refractivity contribution in [2.75, 3.05) is 6.54 Å². The molecule has 0 aliphatic heterocycles. The number of nitrogens with one attached hydrogen (secondary N) is 1. The largest absolute Gasteiger partial charge is 0.310 e. The lowest BCUT2D eigenvalue weighted by atomic mass is 9.90. The van der Waals surface area contributed by atoms with Crippen molar-refractivity contribution in [1.29, 1.82) is 0 Å². The summed E-state index contributed by atoms with van der Waals surface area (Å²) in [7, 11) is 0. The predicted octanol–water partition coefficient (Wildman–Crippen LogP) is 3.89. The quantitative estimate of drug-likeness (QED) is 0.888. The van der Waals surface area contributed by atoms with E-state index >= 15 is 0 Å². The normalized spacial score (nSPS) is 16.1. The second kappa shape index (κ2) is 5.76. The molecule has 3 rings (SSSR count). The van der Waals surface area contributed by atoms with Crippen LogP contribution in [0.15, 0.2) is 48.5 Å². The van der Waals surface area contributed by atoms with Crippen LogP contribution in [0.5, 0.6) is 0 Å². The van der Waals surface area contributed by atoms with Crippen molar-refractivity contribution in [1.82, 2.24) is 5.32 Å². The van der Waals surface area contributed by atoms with Gasteiger partial charge in [0.25, 0.3) is 0 Å². The molecule has 0 spiro atoms. The van der Waals surface area contributed by atoms with Gasteiger partial charge in [0.05, 0.1) is 0 Å². The summed E-state index contributed by atoms with van der Waals surface area (Å²) < 4.78 is 13.1. The molecule has 0 radical (unpaired) electrons. The molecule has 0 bridgehead atoms. The Morgan fingerprint density at radius 3 is 2.20 bits per heavy atom. The van der Waals surface area contributed by atoms with E-state index < -0.39 is 0 Å². The van der Waals surface area contributed by atoms with Gasteiger partial charge in [-0.1, -0.05) is 43.3 Å². The number of halogens is 1. The Kier molecular flexibility index (Phi) is 3.83. The Hall–Kier alpha value is -1.67. The molecule has 0 aromatic heterocycles. The van der Waals surface area contributed by atoms with Crippen molar-refractivity contribution >= 4 is 0 Å². The third-order valence-electron chi connectivity index (χ3n) is 4.21. The maximum atomic E-state index is 13.1. The first-order valence-electron chi connectivity index (χ1n) is 7.33. The average Bonchev–Trinajstić information content (AvgIpc) is 2.89. The molecular weight excluding hydrogens is 249 g/mol. The lowest BCUT2D eigenvalue weighted by Crippen LogP contribution is -2.28. The van der Waals surface area contributed by atoms with E-state index in [1.165, 1.54) is 16.7 Å². The molecular formula is C18H20FN.